The first-order chi connectivity index (χ1) is 8.54. The molecule has 2 amide bonds. The van der Waals surface area contributed by atoms with Gasteiger partial charge in [-0.15, -0.1) is 0 Å². The summed E-state index contributed by atoms with van der Waals surface area (Å²) in [6.07, 6.45) is 0.851. The van der Waals surface area contributed by atoms with Crippen molar-refractivity contribution in [1.29, 1.82) is 0 Å². The van der Waals surface area contributed by atoms with E-state index in [1.807, 2.05) is 25.8 Å². The first kappa shape index (κ1) is 12.9. The highest BCUT2D eigenvalue weighted by Crippen LogP contribution is 2.27. The predicted octanol–water partition coefficient (Wildman–Crippen LogP) is 1.89. The third-order valence-corrected chi connectivity index (χ3v) is 3.63. The summed E-state index contributed by atoms with van der Waals surface area (Å²) in [6, 6.07) is 6.50. The molecule has 1 aliphatic rings. The SMILES string of the molecule is Cc1ccc(C)c(N2CC(CCN)N(C)C2=O)c1. The molecule has 4 heteroatoms. The lowest BCUT2D eigenvalue weighted by molar-refractivity contribution is 0.217. The summed E-state index contributed by atoms with van der Waals surface area (Å²) < 4.78 is 0. The molecule has 1 aromatic carbocycles. The molecule has 1 fully saturated rings. The molecule has 4 nitrogen and oxygen atoms in total. The first-order valence-electron chi connectivity index (χ1n) is 6.36. The molecule has 1 aromatic rings. The number of carbonyl (C=O) groups excluding carboxylic acids is 1. The van der Waals surface area contributed by atoms with E-state index in [0.717, 1.165) is 24.2 Å². The number of hydrogen-bond acceptors (Lipinski definition) is 2. The Bertz CT molecular complexity index is 458. The van der Waals surface area contributed by atoms with Crippen LogP contribution in [-0.2, 0) is 0 Å². The van der Waals surface area contributed by atoms with Gasteiger partial charge in [0.15, 0.2) is 0 Å². The molecular formula is C14H21N3O. The predicted molar refractivity (Wildman–Crippen MR) is 73.9 cm³/mol. The van der Waals surface area contributed by atoms with E-state index >= 15 is 0 Å². The highest BCUT2D eigenvalue weighted by Gasteiger charge is 2.35. The standard InChI is InChI=1S/C14H21N3O/c1-10-4-5-11(2)13(8-10)17-9-12(6-7-15)16(3)14(17)18/h4-5,8,12H,6-7,9,15H2,1-3H3. The molecule has 0 radical (unpaired) electrons. The van der Waals surface area contributed by atoms with Crippen LogP contribution in [0.5, 0.6) is 0 Å². The van der Waals surface area contributed by atoms with Gasteiger partial charge < -0.3 is 10.6 Å². The van der Waals surface area contributed by atoms with Gasteiger partial charge >= 0.3 is 6.03 Å². The summed E-state index contributed by atoms with van der Waals surface area (Å²) in [5.74, 6) is 0. The number of nitrogens with two attached hydrogens (primary N) is 1. The normalized spacial score (nSPS) is 19.8. The van der Waals surface area contributed by atoms with Crippen molar-refractivity contribution in [3.8, 4) is 0 Å². The van der Waals surface area contributed by atoms with Gasteiger partial charge in [0.1, 0.15) is 0 Å². The summed E-state index contributed by atoms with van der Waals surface area (Å²) in [5, 5.41) is 0. The van der Waals surface area contributed by atoms with E-state index < -0.39 is 0 Å². The average molecular weight is 247 g/mol. The summed E-state index contributed by atoms with van der Waals surface area (Å²) in [4.78, 5) is 15.9. The zero-order chi connectivity index (χ0) is 13.3. The molecule has 2 rings (SSSR count). The highest BCUT2D eigenvalue weighted by molar-refractivity contribution is 5.95. The Kier molecular flexibility index (Phi) is 3.57. The molecule has 0 saturated carbocycles. The van der Waals surface area contributed by atoms with Gasteiger partial charge in [0.2, 0.25) is 0 Å². The molecule has 1 heterocycles. The number of benzene rings is 1. The van der Waals surface area contributed by atoms with Gasteiger partial charge in [-0.05, 0) is 44.0 Å². The second kappa shape index (κ2) is 4.98. The molecule has 18 heavy (non-hydrogen) atoms. The summed E-state index contributed by atoms with van der Waals surface area (Å²) in [7, 11) is 1.85. The monoisotopic (exact) mass is 247 g/mol. The Labute approximate surface area is 108 Å². The Hall–Kier alpha value is -1.55. The van der Waals surface area contributed by atoms with Gasteiger partial charge in [0.05, 0.1) is 6.04 Å². The van der Waals surface area contributed by atoms with Gasteiger partial charge in [-0.25, -0.2) is 4.79 Å². The van der Waals surface area contributed by atoms with Crippen LogP contribution in [0.15, 0.2) is 18.2 Å². The number of nitrogens with zero attached hydrogens (tertiary/aromatic N) is 2. The number of aryl methyl sites for hydroxylation is 2. The number of rotatable bonds is 3. The summed E-state index contributed by atoms with van der Waals surface area (Å²) in [6.45, 7) is 5.43. The van der Waals surface area contributed by atoms with Crippen LogP contribution >= 0.6 is 0 Å². The number of carbonyl (C=O) groups is 1. The fraction of sp³-hybridized carbons (Fsp3) is 0.500. The van der Waals surface area contributed by atoms with Crippen molar-refractivity contribution in [2.24, 2.45) is 5.73 Å². The summed E-state index contributed by atoms with van der Waals surface area (Å²) >= 11 is 0. The number of amides is 2. The maximum atomic E-state index is 12.3. The van der Waals surface area contributed by atoms with Crippen molar-refractivity contribution in [2.45, 2.75) is 26.3 Å². The first-order valence-corrected chi connectivity index (χ1v) is 6.36. The van der Waals surface area contributed by atoms with Crippen LogP contribution in [0, 0.1) is 13.8 Å². The van der Waals surface area contributed by atoms with E-state index in [4.69, 9.17) is 5.73 Å². The van der Waals surface area contributed by atoms with Gasteiger partial charge in [0.25, 0.3) is 0 Å². The summed E-state index contributed by atoms with van der Waals surface area (Å²) in [5.41, 5.74) is 8.93. The lowest BCUT2D eigenvalue weighted by Gasteiger charge is -2.18. The largest absolute Gasteiger partial charge is 0.330 e. The second-order valence-corrected chi connectivity index (χ2v) is 5.03. The Morgan fingerprint density at radius 1 is 1.39 bits per heavy atom. The molecule has 1 aliphatic heterocycles. The topological polar surface area (TPSA) is 49.6 Å². The van der Waals surface area contributed by atoms with E-state index in [1.165, 1.54) is 5.56 Å². The molecule has 1 atom stereocenters. The molecule has 2 N–H and O–H groups in total. The van der Waals surface area contributed by atoms with Gasteiger partial charge in [-0.3, -0.25) is 4.90 Å². The Morgan fingerprint density at radius 3 is 2.78 bits per heavy atom. The molecule has 98 valence electrons. The third kappa shape index (κ3) is 2.20. The van der Waals surface area contributed by atoms with Gasteiger partial charge in [-0.2, -0.15) is 0 Å². The molecule has 1 unspecified atom stereocenters. The molecule has 1 saturated heterocycles. The highest BCUT2D eigenvalue weighted by atomic mass is 16.2. The van der Waals surface area contributed by atoms with Gasteiger partial charge in [0, 0.05) is 19.3 Å². The average Bonchev–Trinajstić information content (AvgIpc) is 2.61. The maximum Gasteiger partial charge on any atom is 0.324 e. The molecule has 0 aliphatic carbocycles. The van der Waals surface area contributed by atoms with Crippen molar-refractivity contribution in [3.05, 3.63) is 29.3 Å². The van der Waals surface area contributed by atoms with E-state index in [2.05, 4.69) is 18.2 Å². The second-order valence-electron chi connectivity index (χ2n) is 5.03. The van der Waals surface area contributed by atoms with Crippen LogP contribution in [0.1, 0.15) is 17.5 Å². The Morgan fingerprint density at radius 2 is 2.11 bits per heavy atom. The Balaban J connectivity index is 2.29. The lowest BCUT2D eigenvalue weighted by Crippen LogP contribution is -2.32. The van der Waals surface area contributed by atoms with Crippen LogP contribution in [-0.4, -0.2) is 37.1 Å². The van der Waals surface area contributed by atoms with Crippen LogP contribution in [0.4, 0.5) is 10.5 Å². The minimum Gasteiger partial charge on any atom is -0.330 e. The lowest BCUT2D eigenvalue weighted by atomic mass is 10.1. The van der Waals surface area contributed by atoms with Crippen LogP contribution in [0.25, 0.3) is 0 Å². The third-order valence-electron chi connectivity index (χ3n) is 3.63. The number of urea groups is 1. The van der Waals surface area contributed by atoms with Crippen LogP contribution in [0.3, 0.4) is 0 Å². The molecular weight excluding hydrogens is 226 g/mol. The smallest absolute Gasteiger partial charge is 0.324 e. The van der Waals surface area contributed by atoms with E-state index in [-0.39, 0.29) is 12.1 Å². The molecule has 0 bridgehead atoms. The van der Waals surface area contributed by atoms with Crippen LogP contribution in [0.2, 0.25) is 0 Å². The minimum atomic E-state index is 0.0714. The van der Waals surface area contributed by atoms with E-state index in [1.54, 1.807) is 4.90 Å². The number of likely N-dealkylation sites (N-methyl/N-ethyl adjacent to an activating group) is 1. The molecule has 0 aromatic heterocycles. The van der Waals surface area contributed by atoms with Crippen molar-refractivity contribution < 1.29 is 4.79 Å². The van der Waals surface area contributed by atoms with Crippen LogP contribution < -0.4 is 10.6 Å². The van der Waals surface area contributed by atoms with Crippen molar-refractivity contribution in [1.82, 2.24) is 4.90 Å². The zero-order valence-electron chi connectivity index (χ0n) is 11.3. The fourth-order valence-corrected chi connectivity index (χ4v) is 2.45. The van der Waals surface area contributed by atoms with Crippen molar-refractivity contribution in [3.63, 3.8) is 0 Å². The quantitative estimate of drug-likeness (QED) is 0.886. The number of anilines is 1. The van der Waals surface area contributed by atoms with Crippen molar-refractivity contribution in [2.75, 3.05) is 25.0 Å². The van der Waals surface area contributed by atoms with Crippen molar-refractivity contribution >= 4 is 11.7 Å². The maximum absolute atomic E-state index is 12.3. The van der Waals surface area contributed by atoms with E-state index in [0.29, 0.717) is 6.54 Å². The van der Waals surface area contributed by atoms with E-state index in [9.17, 15) is 4.79 Å². The molecule has 0 spiro atoms. The minimum absolute atomic E-state index is 0.0714. The zero-order valence-corrected chi connectivity index (χ0v) is 11.3. The number of hydrogen-bond donors (Lipinski definition) is 1. The fourth-order valence-electron chi connectivity index (χ4n) is 2.45. The van der Waals surface area contributed by atoms with Gasteiger partial charge in [-0.1, -0.05) is 12.1 Å².